The molecule has 0 aliphatic carbocycles. The van der Waals surface area contributed by atoms with Gasteiger partial charge in [0, 0.05) is 35.7 Å². The quantitative estimate of drug-likeness (QED) is 0.318. The summed E-state index contributed by atoms with van der Waals surface area (Å²) in [5, 5.41) is 10.0. The second-order valence-corrected chi connectivity index (χ2v) is 6.84. The van der Waals surface area contributed by atoms with Crippen molar-refractivity contribution < 1.29 is 33.2 Å². The van der Waals surface area contributed by atoms with Gasteiger partial charge in [0.2, 0.25) is 17.3 Å². The van der Waals surface area contributed by atoms with Crippen LogP contribution in [0.3, 0.4) is 0 Å². The van der Waals surface area contributed by atoms with Crippen LogP contribution in [0.15, 0.2) is 42.6 Å². The molecule has 2 aromatic carbocycles. The lowest BCUT2D eigenvalue weighted by Gasteiger charge is -2.13. The number of methoxy groups -OCH3 is 6. The van der Waals surface area contributed by atoms with Crippen LogP contribution in [-0.2, 0) is 0 Å². The number of allylic oxidation sites excluding steroid dienone is 1. The van der Waals surface area contributed by atoms with Gasteiger partial charge in [-0.25, -0.2) is 0 Å². The summed E-state index contributed by atoms with van der Waals surface area (Å²) in [6, 6.07) is 8.62. The van der Waals surface area contributed by atoms with E-state index in [0.717, 1.165) is 0 Å². The van der Waals surface area contributed by atoms with E-state index in [4.69, 9.17) is 28.4 Å². The molecule has 0 saturated heterocycles. The first-order valence-electron chi connectivity index (χ1n) is 10.1. The summed E-state index contributed by atoms with van der Waals surface area (Å²) in [4.78, 5) is 12.6. The van der Waals surface area contributed by atoms with Crippen LogP contribution in [0.5, 0.6) is 34.5 Å². The van der Waals surface area contributed by atoms with E-state index in [2.05, 4.69) is 15.5 Å². The Labute approximate surface area is 197 Å². The van der Waals surface area contributed by atoms with Crippen LogP contribution >= 0.6 is 0 Å². The molecular formula is C24H27N3O7. The number of hydrogen-bond donors (Lipinski definition) is 2. The summed E-state index contributed by atoms with van der Waals surface area (Å²) < 4.78 is 32.1. The number of rotatable bonds is 11. The molecule has 0 saturated carbocycles. The number of carbonyl (C=O) groups excluding carboxylic acids is 1. The van der Waals surface area contributed by atoms with Crippen LogP contribution in [0.2, 0.25) is 0 Å². The van der Waals surface area contributed by atoms with Crippen LogP contribution in [0.25, 0.3) is 11.3 Å². The zero-order valence-corrected chi connectivity index (χ0v) is 19.8. The summed E-state index contributed by atoms with van der Waals surface area (Å²) in [7, 11) is 9.19. The van der Waals surface area contributed by atoms with Crippen LogP contribution in [0, 0.1) is 0 Å². The fraction of sp³-hybridized carbons (Fsp3) is 0.250. The van der Waals surface area contributed by atoms with E-state index in [0.29, 0.717) is 57.1 Å². The highest BCUT2D eigenvalue weighted by Gasteiger charge is 2.17. The third-order valence-corrected chi connectivity index (χ3v) is 4.95. The molecule has 10 heteroatoms. The summed E-state index contributed by atoms with van der Waals surface area (Å²) >= 11 is 0. The van der Waals surface area contributed by atoms with Crippen molar-refractivity contribution in [2.24, 2.45) is 0 Å². The number of ether oxygens (including phenoxy) is 6. The molecule has 0 fully saturated rings. The van der Waals surface area contributed by atoms with Gasteiger partial charge in [-0.3, -0.25) is 9.89 Å². The molecule has 1 heterocycles. The van der Waals surface area contributed by atoms with Crippen molar-refractivity contribution in [2.75, 3.05) is 48.0 Å². The largest absolute Gasteiger partial charge is 0.493 e. The highest BCUT2D eigenvalue weighted by atomic mass is 16.5. The first-order valence-corrected chi connectivity index (χ1v) is 10.1. The lowest BCUT2D eigenvalue weighted by molar-refractivity contribution is 0.104. The fourth-order valence-electron chi connectivity index (χ4n) is 3.29. The van der Waals surface area contributed by atoms with Gasteiger partial charge in [0.05, 0.1) is 48.4 Å². The average Bonchev–Trinajstić information content (AvgIpc) is 3.37. The van der Waals surface area contributed by atoms with Gasteiger partial charge in [-0.2, -0.15) is 5.10 Å². The topological polar surface area (TPSA) is 113 Å². The number of nitrogens with one attached hydrogen (secondary N) is 2. The summed E-state index contributed by atoms with van der Waals surface area (Å²) in [5.41, 5.74) is 2.21. The molecule has 0 radical (unpaired) electrons. The molecule has 180 valence electrons. The molecule has 10 nitrogen and oxygen atoms in total. The van der Waals surface area contributed by atoms with E-state index < -0.39 is 0 Å². The number of H-pyrrole nitrogens is 1. The normalized spacial score (nSPS) is 10.6. The Bertz CT molecular complexity index is 1140. The van der Waals surface area contributed by atoms with Gasteiger partial charge in [-0.1, -0.05) is 0 Å². The predicted octanol–water partition coefficient (Wildman–Crippen LogP) is 3.94. The minimum atomic E-state index is -0.272. The van der Waals surface area contributed by atoms with Crippen LogP contribution in [0.4, 0.5) is 5.69 Å². The van der Waals surface area contributed by atoms with E-state index in [9.17, 15) is 4.79 Å². The zero-order valence-electron chi connectivity index (χ0n) is 19.8. The van der Waals surface area contributed by atoms with Gasteiger partial charge in [0.15, 0.2) is 23.0 Å². The van der Waals surface area contributed by atoms with Gasteiger partial charge in [-0.05, 0) is 18.2 Å². The minimum absolute atomic E-state index is 0.272. The van der Waals surface area contributed by atoms with Gasteiger partial charge in [0.25, 0.3) is 0 Å². The number of benzene rings is 2. The smallest absolute Gasteiger partial charge is 0.205 e. The number of ketones is 1. The summed E-state index contributed by atoms with van der Waals surface area (Å²) in [6.45, 7) is 0. The first kappa shape index (κ1) is 24.3. The number of carbonyl (C=O) groups is 1. The highest BCUT2D eigenvalue weighted by molar-refractivity contribution is 6.03. The van der Waals surface area contributed by atoms with E-state index in [1.165, 1.54) is 54.9 Å². The van der Waals surface area contributed by atoms with Gasteiger partial charge in [0.1, 0.15) is 5.69 Å². The number of nitrogens with zero attached hydrogens (tertiary/aromatic N) is 1. The van der Waals surface area contributed by atoms with Crippen LogP contribution in [-0.4, -0.2) is 58.6 Å². The van der Waals surface area contributed by atoms with Crippen molar-refractivity contribution in [3.8, 4) is 45.8 Å². The first-order chi connectivity index (χ1) is 16.5. The maximum atomic E-state index is 12.6. The Hall–Kier alpha value is -4.34. The Morgan fingerprint density at radius 2 is 1.26 bits per heavy atom. The zero-order chi connectivity index (χ0) is 24.7. The molecule has 0 atom stereocenters. The van der Waals surface area contributed by atoms with Crippen molar-refractivity contribution in [1.29, 1.82) is 0 Å². The van der Waals surface area contributed by atoms with Crippen LogP contribution in [0.1, 0.15) is 10.5 Å². The molecule has 34 heavy (non-hydrogen) atoms. The second kappa shape index (κ2) is 11.0. The Morgan fingerprint density at radius 1 is 0.765 bits per heavy atom. The second-order valence-electron chi connectivity index (χ2n) is 6.84. The van der Waals surface area contributed by atoms with Gasteiger partial charge >= 0.3 is 0 Å². The summed E-state index contributed by atoms with van der Waals surface area (Å²) in [5.74, 6) is 2.64. The predicted molar refractivity (Wildman–Crippen MR) is 127 cm³/mol. The molecular weight excluding hydrogens is 442 g/mol. The molecule has 0 spiro atoms. The van der Waals surface area contributed by atoms with E-state index in [1.54, 1.807) is 30.3 Å². The van der Waals surface area contributed by atoms with Gasteiger partial charge in [-0.15, -0.1) is 0 Å². The number of hydrogen-bond acceptors (Lipinski definition) is 9. The Kier molecular flexibility index (Phi) is 7.86. The molecule has 3 rings (SSSR count). The molecule has 0 amide bonds. The van der Waals surface area contributed by atoms with E-state index >= 15 is 0 Å². The average molecular weight is 469 g/mol. The summed E-state index contributed by atoms with van der Waals surface area (Å²) in [6.07, 6.45) is 2.90. The number of anilines is 1. The van der Waals surface area contributed by atoms with Crippen molar-refractivity contribution in [3.05, 3.63) is 48.3 Å². The molecule has 3 aromatic rings. The molecule has 0 unspecified atom stereocenters. The van der Waals surface area contributed by atoms with Crippen molar-refractivity contribution in [1.82, 2.24) is 10.2 Å². The van der Waals surface area contributed by atoms with Crippen molar-refractivity contribution in [3.63, 3.8) is 0 Å². The minimum Gasteiger partial charge on any atom is -0.493 e. The molecule has 0 bridgehead atoms. The fourth-order valence-corrected chi connectivity index (χ4v) is 3.29. The number of aromatic nitrogens is 2. The molecule has 0 aliphatic heterocycles. The Balaban J connectivity index is 1.78. The van der Waals surface area contributed by atoms with E-state index in [-0.39, 0.29) is 5.78 Å². The number of aromatic amines is 1. The standard InChI is InChI=1S/C24H27N3O7/c1-29-19-9-14(10-20(30-2)23(19)33-5)16-13-17(27-26-16)18(28)7-8-25-15-11-21(31-3)24(34-6)22(12-15)32-4/h7-13,25H,1-6H3,(H,26,27)/b8-7-. The van der Waals surface area contributed by atoms with E-state index in [1.807, 2.05) is 0 Å². The molecule has 2 N–H and O–H groups in total. The maximum absolute atomic E-state index is 12.6. The van der Waals surface area contributed by atoms with Crippen molar-refractivity contribution >= 4 is 11.5 Å². The lowest BCUT2D eigenvalue weighted by Crippen LogP contribution is -1.99. The molecule has 1 aromatic heterocycles. The third-order valence-electron chi connectivity index (χ3n) is 4.95. The highest BCUT2D eigenvalue weighted by Crippen LogP contribution is 2.41. The lowest BCUT2D eigenvalue weighted by atomic mass is 10.1. The van der Waals surface area contributed by atoms with Crippen molar-refractivity contribution in [2.45, 2.75) is 0 Å². The third kappa shape index (κ3) is 5.01. The van der Waals surface area contributed by atoms with Gasteiger partial charge < -0.3 is 33.7 Å². The van der Waals surface area contributed by atoms with Crippen LogP contribution < -0.4 is 33.7 Å². The monoisotopic (exact) mass is 469 g/mol. The maximum Gasteiger partial charge on any atom is 0.205 e. The Morgan fingerprint density at radius 3 is 1.74 bits per heavy atom. The molecule has 0 aliphatic rings. The SMILES string of the molecule is COc1cc(N/C=C\C(=O)c2cc(-c3cc(OC)c(OC)c(OC)c3)n[nH]2)cc(OC)c1OC.